The Kier molecular flexibility index (Phi) is 4.75. The number of cyclic esters (lactones) is 1. The van der Waals surface area contributed by atoms with Gasteiger partial charge in [0.05, 0.1) is 36.1 Å². The molecule has 0 fully saturated rings. The lowest BCUT2D eigenvalue weighted by Gasteiger charge is -2.31. The highest BCUT2D eigenvalue weighted by molar-refractivity contribution is 5.90. The van der Waals surface area contributed by atoms with Crippen LogP contribution in [0.15, 0.2) is 29.1 Å². The SMILES string of the molecule is CC[C@@]1(O)C(=O)OCc2c1cc1n(c2=O)Cc2c-1nc1ccc(OC)cc1c2COC(C)=O. The first-order chi connectivity index (χ1) is 15.8. The Morgan fingerprint density at radius 1 is 1.27 bits per heavy atom. The van der Waals surface area contributed by atoms with E-state index in [9.17, 15) is 19.5 Å². The number of carbonyl (C=O) groups is 2. The smallest absolute Gasteiger partial charge is 0.343 e. The Morgan fingerprint density at radius 3 is 2.76 bits per heavy atom. The second-order valence-corrected chi connectivity index (χ2v) is 8.18. The van der Waals surface area contributed by atoms with E-state index in [1.54, 1.807) is 36.8 Å². The third kappa shape index (κ3) is 3.03. The third-order valence-corrected chi connectivity index (χ3v) is 6.43. The summed E-state index contributed by atoms with van der Waals surface area (Å²) in [5, 5.41) is 11.8. The number of aromatic nitrogens is 2. The zero-order chi connectivity index (χ0) is 23.5. The maximum absolute atomic E-state index is 13.4. The first-order valence-corrected chi connectivity index (χ1v) is 10.6. The van der Waals surface area contributed by atoms with Crippen molar-refractivity contribution in [1.82, 2.24) is 9.55 Å². The molecule has 5 rings (SSSR count). The maximum Gasteiger partial charge on any atom is 0.343 e. The van der Waals surface area contributed by atoms with E-state index >= 15 is 0 Å². The van der Waals surface area contributed by atoms with Gasteiger partial charge in [0.1, 0.15) is 19.0 Å². The van der Waals surface area contributed by atoms with Gasteiger partial charge >= 0.3 is 11.9 Å². The molecule has 3 aromatic rings. The molecule has 4 heterocycles. The number of rotatable bonds is 4. The van der Waals surface area contributed by atoms with Gasteiger partial charge in [-0.3, -0.25) is 9.59 Å². The lowest BCUT2D eigenvalue weighted by molar-refractivity contribution is -0.172. The molecular formula is C24H22N2O7. The zero-order valence-electron chi connectivity index (χ0n) is 18.4. The summed E-state index contributed by atoms with van der Waals surface area (Å²) in [5.41, 5.74) is 1.42. The summed E-state index contributed by atoms with van der Waals surface area (Å²) in [5.74, 6) is -0.572. The van der Waals surface area contributed by atoms with Crippen LogP contribution in [0.1, 0.15) is 42.5 Å². The van der Waals surface area contributed by atoms with E-state index in [0.717, 1.165) is 16.5 Å². The Morgan fingerprint density at radius 2 is 2.06 bits per heavy atom. The monoisotopic (exact) mass is 450 g/mol. The number of nitrogens with zero attached hydrogens (tertiary/aromatic N) is 2. The van der Waals surface area contributed by atoms with Gasteiger partial charge in [-0.1, -0.05) is 6.92 Å². The zero-order valence-corrected chi connectivity index (χ0v) is 18.4. The first-order valence-electron chi connectivity index (χ1n) is 10.6. The Hall–Kier alpha value is -3.72. The number of fused-ring (bicyclic) bond motifs is 5. The van der Waals surface area contributed by atoms with Crippen molar-refractivity contribution >= 4 is 22.8 Å². The van der Waals surface area contributed by atoms with E-state index in [-0.39, 0.29) is 42.9 Å². The number of benzene rings is 1. The largest absolute Gasteiger partial charge is 0.497 e. The van der Waals surface area contributed by atoms with Crippen molar-refractivity contribution in [2.75, 3.05) is 7.11 Å². The fourth-order valence-electron chi connectivity index (χ4n) is 4.61. The molecule has 33 heavy (non-hydrogen) atoms. The standard InChI is InChI=1S/C24H22N2O7/c1-4-24(30)18-8-20-21-15(9-26(20)22(28)17(18)11-33-23(24)29)16(10-32-12(2)27)14-7-13(31-3)5-6-19(14)25-21/h5-8,30H,4,9-11H2,1-3H3/t24-/m0/s1. The summed E-state index contributed by atoms with van der Waals surface area (Å²) < 4.78 is 17.4. The Balaban J connectivity index is 1.79. The van der Waals surface area contributed by atoms with Gasteiger partial charge < -0.3 is 23.9 Å². The summed E-state index contributed by atoms with van der Waals surface area (Å²) in [4.78, 5) is 42.1. The molecule has 2 aromatic heterocycles. The fraction of sp³-hybridized carbons (Fsp3) is 0.333. The van der Waals surface area contributed by atoms with Crippen molar-refractivity contribution in [2.24, 2.45) is 0 Å². The van der Waals surface area contributed by atoms with Crippen molar-refractivity contribution in [1.29, 1.82) is 0 Å². The molecule has 1 aromatic carbocycles. The number of hydrogen-bond acceptors (Lipinski definition) is 8. The molecule has 0 saturated heterocycles. The van der Waals surface area contributed by atoms with E-state index in [4.69, 9.17) is 19.2 Å². The van der Waals surface area contributed by atoms with Gasteiger partial charge in [-0.2, -0.15) is 0 Å². The van der Waals surface area contributed by atoms with Crippen LogP contribution < -0.4 is 10.3 Å². The van der Waals surface area contributed by atoms with Crippen LogP contribution in [-0.4, -0.2) is 33.7 Å². The van der Waals surface area contributed by atoms with Gasteiger partial charge in [-0.05, 0) is 30.7 Å². The molecule has 0 bridgehead atoms. The maximum atomic E-state index is 13.4. The molecule has 9 heteroatoms. The third-order valence-electron chi connectivity index (χ3n) is 6.43. The van der Waals surface area contributed by atoms with Gasteiger partial charge in [0.2, 0.25) is 0 Å². The average Bonchev–Trinajstić information content (AvgIpc) is 3.17. The normalized spacial score (nSPS) is 18.4. The molecule has 9 nitrogen and oxygen atoms in total. The van der Waals surface area contributed by atoms with E-state index in [1.807, 2.05) is 6.07 Å². The topological polar surface area (TPSA) is 117 Å². The lowest BCUT2D eigenvalue weighted by atomic mass is 9.86. The molecule has 0 unspecified atom stereocenters. The molecule has 170 valence electrons. The summed E-state index contributed by atoms with van der Waals surface area (Å²) >= 11 is 0. The number of carbonyl (C=O) groups excluding carboxylic acids is 2. The van der Waals surface area contributed by atoms with Crippen LogP contribution in [0.4, 0.5) is 0 Å². The van der Waals surface area contributed by atoms with Gasteiger partial charge in [0.25, 0.3) is 5.56 Å². The number of hydrogen-bond donors (Lipinski definition) is 1. The summed E-state index contributed by atoms with van der Waals surface area (Å²) in [6.07, 6.45) is 0.0667. The molecule has 0 saturated carbocycles. The van der Waals surface area contributed by atoms with Crippen LogP contribution in [0, 0.1) is 0 Å². The molecule has 0 radical (unpaired) electrons. The van der Waals surface area contributed by atoms with Crippen molar-refractivity contribution in [3.05, 3.63) is 56.9 Å². The quantitative estimate of drug-likeness (QED) is 0.470. The highest BCUT2D eigenvalue weighted by Crippen LogP contribution is 2.40. The summed E-state index contributed by atoms with van der Waals surface area (Å²) in [6.45, 7) is 3.02. The minimum absolute atomic E-state index is 0.00675. The Bertz CT molecular complexity index is 1410. The molecule has 0 amide bonds. The average molecular weight is 450 g/mol. The van der Waals surface area contributed by atoms with Gasteiger partial charge in [0.15, 0.2) is 5.60 Å². The van der Waals surface area contributed by atoms with E-state index in [1.165, 1.54) is 6.92 Å². The Labute approximate surface area is 188 Å². The van der Waals surface area contributed by atoms with Crippen molar-refractivity contribution in [3.8, 4) is 17.1 Å². The molecule has 0 spiro atoms. The van der Waals surface area contributed by atoms with Gasteiger partial charge in [0, 0.05) is 29.0 Å². The number of pyridine rings is 2. The van der Waals surface area contributed by atoms with Crippen LogP contribution >= 0.6 is 0 Å². The molecule has 1 atom stereocenters. The number of aliphatic hydroxyl groups is 1. The van der Waals surface area contributed by atoms with Crippen LogP contribution in [0.2, 0.25) is 0 Å². The van der Waals surface area contributed by atoms with Crippen LogP contribution in [0.5, 0.6) is 5.75 Å². The predicted octanol–water partition coefficient (Wildman–Crippen LogP) is 2.15. The molecule has 2 aliphatic heterocycles. The minimum Gasteiger partial charge on any atom is -0.497 e. The van der Waals surface area contributed by atoms with Crippen LogP contribution in [-0.2, 0) is 44.4 Å². The van der Waals surface area contributed by atoms with E-state index in [0.29, 0.717) is 22.7 Å². The fourth-order valence-corrected chi connectivity index (χ4v) is 4.61. The van der Waals surface area contributed by atoms with E-state index < -0.39 is 17.5 Å². The summed E-state index contributed by atoms with van der Waals surface area (Å²) in [7, 11) is 1.56. The second-order valence-electron chi connectivity index (χ2n) is 8.18. The molecule has 0 aliphatic carbocycles. The van der Waals surface area contributed by atoms with Crippen LogP contribution in [0.3, 0.4) is 0 Å². The lowest BCUT2D eigenvalue weighted by Crippen LogP contribution is -2.44. The predicted molar refractivity (Wildman–Crippen MR) is 117 cm³/mol. The molecule has 2 aliphatic rings. The highest BCUT2D eigenvalue weighted by atomic mass is 16.6. The molecular weight excluding hydrogens is 428 g/mol. The van der Waals surface area contributed by atoms with Gasteiger partial charge in [-0.25, -0.2) is 9.78 Å². The van der Waals surface area contributed by atoms with Crippen molar-refractivity contribution < 1.29 is 28.9 Å². The van der Waals surface area contributed by atoms with Crippen LogP contribution in [0.25, 0.3) is 22.3 Å². The highest BCUT2D eigenvalue weighted by Gasteiger charge is 2.45. The van der Waals surface area contributed by atoms with Crippen molar-refractivity contribution in [2.45, 2.75) is 45.6 Å². The molecule has 1 N–H and O–H groups in total. The van der Waals surface area contributed by atoms with Crippen molar-refractivity contribution in [3.63, 3.8) is 0 Å². The van der Waals surface area contributed by atoms with Gasteiger partial charge in [-0.15, -0.1) is 0 Å². The first kappa shape index (κ1) is 21.1. The second kappa shape index (κ2) is 7.41. The van der Waals surface area contributed by atoms with E-state index in [2.05, 4.69) is 0 Å². The summed E-state index contributed by atoms with van der Waals surface area (Å²) in [6, 6.07) is 7.05. The minimum atomic E-state index is -1.89. The number of ether oxygens (including phenoxy) is 3. The number of esters is 2. The number of methoxy groups -OCH3 is 1.